The third kappa shape index (κ3) is 3.75. The highest BCUT2D eigenvalue weighted by molar-refractivity contribution is 5.99. The molecule has 134 valence electrons. The van der Waals surface area contributed by atoms with Crippen LogP contribution in [0, 0.1) is 0 Å². The summed E-state index contributed by atoms with van der Waals surface area (Å²) in [4.78, 5) is 36.3. The molecule has 0 unspecified atom stereocenters. The first-order valence-electron chi connectivity index (χ1n) is 7.76. The van der Waals surface area contributed by atoms with Gasteiger partial charge >= 0.3 is 12.0 Å². The molecule has 0 saturated heterocycles. The maximum Gasteiger partial charge on any atom is 0.339 e. The van der Waals surface area contributed by atoms with E-state index >= 15 is 0 Å². The van der Waals surface area contributed by atoms with Gasteiger partial charge in [-0.05, 0) is 18.2 Å². The zero-order valence-corrected chi connectivity index (χ0v) is 13.9. The van der Waals surface area contributed by atoms with Crippen molar-refractivity contribution in [2.45, 2.75) is 6.10 Å². The van der Waals surface area contributed by atoms with Crippen LogP contribution in [0.15, 0.2) is 48.5 Å². The summed E-state index contributed by atoms with van der Waals surface area (Å²) in [5, 5.41) is 4.39. The largest absolute Gasteiger partial charge is 0.454 e. The van der Waals surface area contributed by atoms with Crippen molar-refractivity contribution in [3.63, 3.8) is 0 Å². The molecule has 3 amide bonds. The van der Waals surface area contributed by atoms with Crippen LogP contribution < -0.4 is 20.1 Å². The average molecular weight is 356 g/mol. The van der Waals surface area contributed by atoms with E-state index in [1.54, 1.807) is 36.4 Å². The second-order valence-corrected chi connectivity index (χ2v) is 5.33. The molecule has 0 aliphatic carbocycles. The van der Waals surface area contributed by atoms with E-state index in [4.69, 9.17) is 14.2 Å². The smallest absolute Gasteiger partial charge is 0.339 e. The molecule has 1 heterocycles. The average Bonchev–Trinajstić information content (AvgIpc) is 3.14. The third-order valence-corrected chi connectivity index (χ3v) is 3.64. The van der Waals surface area contributed by atoms with Gasteiger partial charge in [-0.25, -0.2) is 9.59 Å². The molecule has 0 radical (unpaired) electrons. The van der Waals surface area contributed by atoms with Gasteiger partial charge in [-0.3, -0.25) is 10.1 Å². The Morgan fingerprint density at radius 1 is 1.04 bits per heavy atom. The highest BCUT2D eigenvalue weighted by atomic mass is 16.7. The summed E-state index contributed by atoms with van der Waals surface area (Å²) in [5.41, 5.74) is 0.630. The lowest BCUT2D eigenvalue weighted by Gasteiger charge is -2.17. The number of urea groups is 1. The number of amides is 3. The lowest BCUT2D eigenvalue weighted by atomic mass is 10.1. The van der Waals surface area contributed by atoms with Crippen LogP contribution in [0.3, 0.4) is 0 Å². The van der Waals surface area contributed by atoms with Gasteiger partial charge in [-0.2, -0.15) is 0 Å². The summed E-state index contributed by atoms with van der Waals surface area (Å²) in [5.74, 6) is -0.544. The lowest BCUT2D eigenvalue weighted by Crippen LogP contribution is -2.41. The molecule has 8 heteroatoms. The number of rotatable bonds is 4. The lowest BCUT2D eigenvalue weighted by molar-refractivity contribution is -0.129. The van der Waals surface area contributed by atoms with Crippen molar-refractivity contribution < 1.29 is 28.6 Å². The molecule has 1 aliphatic heterocycles. The van der Waals surface area contributed by atoms with Crippen molar-refractivity contribution >= 4 is 17.9 Å². The normalized spacial score (nSPS) is 12.8. The van der Waals surface area contributed by atoms with E-state index in [0.717, 1.165) is 0 Å². The van der Waals surface area contributed by atoms with Crippen molar-refractivity contribution in [1.29, 1.82) is 0 Å². The van der Waals surface area contributed by atoms with E-state index in [0.29, 0.717) is 17.1 Å². The molecule has 8 nitrogen and oxygen atoms in total. The van der Waals surface area contributed by atoms with E-state index in [1.807, 2.05) is 0 Å². The number of hydrogen-bond acceptors (Lipinski definition) is 6. The van der Waals surface area contributed by atoms with Crippen LogP contribution >= 0.6 is 0 Å². The van der Waals surface area contributed by atoms with Gasteiger partial charge in [-0.15, -0.1) is 0 Å². The summed E-state index contributed by atoms with van der Waals surface area (Å²) >= 11 is 0. The number of carbonyl (C=O) groups excluding carboxylic acids is 3. The molecule has 1 atom stereocenters. The molecule has 2 aromatic carbocycles. The second kappa shape index (κ2) is 7.56. The summed E-state index contributed by atoms with van der Waals surface area (Å²) in [7, 11) is 1.37. The Morgan fingerprint density at radius 3 is 2.50 bits per heavy atom. The molecule has 3 rings (SSSR count). The molecule has 1 aliphatic rings. The molecule has 2 aromatic rings. The number of nitrogens with one attached hydrogen (secondary N) is 2. The van der Waals surface area contributed by atoms with Crippen molar-refractivity contribution in [1.82, 2.24) is 10.6 Å². The minimum Gasteiger partial charge on any atom is -0.454 e. The van der Waals surface area contributed by atoms with Crippen LogP contribution in [0.1, 0.15) is 22.0 Å². The fraction of sp³-hybridized carbons (Fsp3) is 0.167. The molecular weight excluding hydrogens is 340 g/mol. The van der Waals surface area contributed by atoms with E-state index in [2.05, 4.69) is 10.6 Å². The molecular formula is C18H16N2O6. The predicted octanol–water partition coefficient (Wildman–Crippen LogP) is 1.77. The van der Waals surface area contributed by atoms with Gasteiger partial charge in [0.15, 0.2) is 11.5 Å². The number of ether oxygens (including phenoxy) is 3. The molecule has 0 bridgehead atoms. The van der Waals surface area contributed by atoms with Crippen LogP contribution in [0.2, 0.25) is 0 Å². The number of esters is 1. The number of fused-ring (bicyclic) bond motifs is 1. The Hall–Kier alpha value is -3.55. The van der Waals surface area contributed by atoms with Crippen molar-refractivity contribution in [2.75, 3.05) is 13.8 Å². The Morgan fingerprint density at radius 2 is 1.77 bits per heavy atom. The summed E-state index contributed by atoms with van der Waals surface area (Å²) in [6.45, 7) is 0.0784. The van der Waals surface area contributed by atoms with Gasteiger partial charge < -0.3 is 19.5 Å². The highest BCUT2D eigenvalue weighted by Crippen LogP contribution is 2.33. The summed E-state index contributed by atoms with van der Waals surface area (Å²) < 4.78 is 15.8. The first kappa shape index (κ1) is 17.3. The number of imide groups is 1. The Kier molecular flexibility index (Phi) is 5.02. The van der Waals surface area contributed by atoms with E-state index in [1.165, 1.54) is 19.2 Å². The maximum atomic E-state index is 12.5. The molecule has 0 fully saturated rings. The van der Waals surface area contributed by atoms with Gasteiger partial charge in [0.2, 0.25) is 12.9 Å². The molecule has 2 N–H and O–H groups in total. The first-order valence-corrected chi connectivity index (χ1v) is 7.76. The van der Waals surface area contributed by atoms with Crippen molar-refractivity contribution in [3.8, 4) is 11.5 Å². The summed E-state index contributed by atoms with van der Waals surface area (Å²) in [6, 6.07) is 12.3. The van der Waals surface area contributed by atoms with E-state index in [-0.39, 0.29) is 12.4 Å². The van der Waals surface area contributed by atoms with Crippen LogP contribution in [0.25, 0.3) is 0 Å². The molecule has 26 heavy (non-hydrogen) atoms. The predicted molar refractivity (Wildman–Crippen MR) is 89.8 cm³/mol. The van der Waals surface area contributed by atoms with Crippen LogP contribution in [0.5, 0.6) is 11.5 Å². The second-order valence-electron chi connectivity index (χ2n) is 5.33. The maximum absolute atomic E-state index is 12.5. The van der Waals surface area contributed by atoms with E-state index in [9.17, 15) is 14.4 Å². The third-order valence-electron chi connectivity index (χ3n) is 3.64. The molecule has 0 spiro atoms. The Bertz CT molecular complexity index is 837. The Labute approximate surface area is 149 Å². The number of hydrogen-bond donors (Lipinski definition) is 2. The van der Waals surface area contributed by atoms with Crippen LogP contribution in [-0.2, 0) is 9.53 Å². The minimum absolute atomic E-state index is 0.0784. The topological polar surface area (TPSA) is 103 Å². The SMILES string of the molecule is CNC(=O)NC(=O)[C@H](OC(=O)c1ccc2c(c1)OCO2)c1ccccc1. The van der Waals surface area contributed by atoms with Gasteiger partial charge in [-0.1, -0.05) is 30.3 Å². The van der Waals surface area contributed by atoms with Crippen molar-refractivity contribution in [3.05, 3.63) is 59.7 Å². The highest BCUT2D eigenvalue weighted by Gasteiger charge is 2.27. The zero-order valence-electron chi connectivity index (χ0n) is 13.9. The summed E-state index contributed by atoms with van der Waals surface area (Å²) in [6.07, 6.45) is -1.29. The van der Waals surface area contributed by atoms with Crippen LogP contribution in [0.4, 0.5) is 4.79 Å². The quantitative estimate of drug-likeness (QED) is 0.810. The number of carbonyl (C=O) groups is 3. The van der Waals surface area contributed by atoms with Crippen LogP contribution in [-0.4, -0.2) is 31.7 Å². The molecule has 0 saturated carbocycles. The zero-order chi connectivity index (χ0) is 18.5. The fourth-order valence-corrected chi connectivity index (χ4v) is 2.34. The molecule has 0 aromatic heterocycles. The fourth-order valence-electron chi connectivity index (χ4n) is 2.34. The van der Waals surface area contributed by atoms with Gasteiger partial charge in [0.25, 0.3) is 5.91 Å². The van der Waals surface area contributed by atoms with Gasteiger partial charge in [0.1, 0.15) is 0 Å². The van der Waals surface area contributed by atoms with Gasteiger partial charge in [0.05, 0.1) is 5.56 Å². The number of benzene rings is 2. The Balaban J connectivity index is 1.82. The monoisotopic (exact) mass is 356 g/mol. The standard InChI is InChI=1S/C18H16N2O6/c1-19-18(23)20-16(21)15(11-5-3-2-4-6-11)26-17(22)12-7-8-13-14(9-12)25-10-24-13/h2-9,15H,10H2,1H3,(H2,19,20,21,23)/t15-/m1/s1. The minimum atomic E-state index is -1.29. The first-order chi connectivity index (χ1) is 12.6. The van der Waals surface area contributed by atoms with Crippen molar-refractivity contribution in [2.24, 2.45) is 0 Å². The van der Waals surface area contributed by atoms with Gasteiger partial charge in [0, 0.05) is 12.6 Å². The van der Waals surface area contributed by atoms with E-state index < -0.39 is 24.0 Å².